The molecule has 21 heavy (non-hydrogen) atoms. The van der Waals surface area contributed by atoms with Crippen molar-refractivity contribution in [3.63, 3.8) is 0 Å². The number of hydrogen-bond donors (Lipinski definition) is 1. The van der Waals surface area contributed by atoms with E-state index < -0.39 is 0 Å². The molecule has 3 rings (SSSR count). The Bertz CT molecular complexity index is 549. The van der Waals surface area contributed by atoms with Gasteiger partial charge in [-0.15, -0.1) is 0 Å². The van der Waals surface area contributed by atoms with Crippen LogP contribution in [0.1, 0.15) is 38.5 Å². The van der Waals surface area contributed by atoms with Gasteiger partial charge in [-0.05, 0) is 12.8 Å². The highest BCUT2D eigenvalue weighted by molar-refractivity contribution is 5.56. The molecule has 1 N–H and O–H groups in total. The Morgan fingerprint density at radius 3 is 2.71 bits per heavy atom. The molecule has 0 aromatic carbocycles. The molecule has 0 aliphatic heterocycles. The molecule has 0 saturated heterocycles. The summed E-state index contributed by atoms with van der Waals surface area (Å²) in [7, 11) is 1.94. The third-order valence-electron chi connectivity index (χ3n) is 4.35. The maximum Gasteiger partial charge on any atom is 0.0951 e. The summed E-state index contributed by atoms with van der Waals surface area (Å²) in [5.41, 5.74) is 2.27. The molecule has 114 valence electrons. The molecular formula is C16H25N5. The number of hydrogen-bond acceptors (Lipinski definition) is 3. The van der Waals surface area contributed by atoms with Crippen molar-refractivity contribution in [1.29, 1.82) is 0 Å². The van der Waals surface area contributed by atoms with Gasteiger partial charge in [-0.25, -0.2) is 4.98 Å². The number of imidazole rings is 1. The second kappa shape index (κ2) is 6.89. The van der Waals surface area contributed by atoms with Gasteiger partial charge < -0.3 is 9.88 Å². The molecule has 0 spiro atoms. The molecule has 0 bridgehead atoms. The van der Waals surface area contributed by atoms with E-state index in [4.69, 9.17) is 0 Å². The van der Waals surface area contributed by atoms with Crippen LogP contribution in [0.15, 0.2) is 24.9 Å². The summed E-state index contributed by atoms with van der Waals surface area (Å²) in [6, 6.07) is 0.706. The van der Waals surface area contributed by atoms with Gasteiger partial charge in [0.1, 0.15) is 0 Å². The van der Waals surface area contributed by atoms with Gasteiger partial charge in [-0.2, -0.15) is 5.10 Å². The van der Waals surface area contributed by atoms with E-state index in [0.717, 1.165) is 24.3 Å². The van der Waals surface area contributed by atoms with Crippen LogP contribution in [0.25, 0.3) is 11.3 Å². The molecule has 0 radical (unpaired) electrons. The molecule has 0 amide bonds. The molecule has 2 aromatic rings. The SMILES string of the molecule is Cn1cc(-c2cncn2CCNC2CCCCCC2)cn1. The standard InChI is InChI=1S/C16H25N5/c1-20-12-14(10-19-20)16-11-17-13-21(16)9-8-18-15-6-4-2-3-5-7-15/h10-13,15,18H,2-9H2,1H3. The van der Waals surface area contributed by atoms with E-state index in [9.17, 15) is 0 Å². The van der Waals surface area contributed by atoms with E-state index in [0.29, 0.717) is 6.04 Å². The zero-order chi connectivity index (χ0) is 14.5. The average molecular weight is 287 g/mol. The van der Waals surface area contributed by atoms with Gasteiger partial charge in [0.15, 0.2) is 0 Å². The minimum absolute atomic E-state index is 0.706. The summed E-state index contributed by atoms with van der Waals surface area (Å²) in [4.78, 5) is 4.29. The van der Waals surface area contributed by atoms with E-state index in [-0.39, 0.29) is 0 Å². The molecule has 2 aromatic heterocycles. The first-order chi connectivity index (χ1) is 10.3. The Morgan fingerprint density at radius 2 is 2.00 bits per heavy atom. The molecule has 0 atom stereocenters. The molecule has 1 fully saturated rings. The second-order valence-electron chi connectivity index (χ2n) is 6.02. The molecule has 5 heteroatoms. The van der Waals surface area contributed by atoms with Crippen molar-refractivity contribution in [2.45, 2.75) is 51.1 Å². The first-order valence-corrected chi connectivity index (χ1v) is 8.05. The third kappa shape index (κ3) is 3.73. The lowest BCUT2D eigenvalue weighted by atomic mass is 10.1. The van der Waals surface area contributed by atoms with E-state index >= 15 is 0 Å². The highest BCUT2D eigenvalue weighted by atomic mass is 15.2. The van der Waals surface area contributed by atoms with Crippen LogP contribution in [0, 0.1) is 0 Å². The van der Waals surface area contributed by atoms with Gasteiger partial charge in [-0.3, -0.25) is 4.68 Å². The fraction of sp³-hybridized carbons (Fsp3) is 0.625. The van der Waals surface area contributed by atoms with Crippen LogP contribution >= 0.6 is 0 Å². The monoisotopic (exact) mass is 287 g/mol. The summed E-state index contributed by atoms with van der Waals surface area (Å²) >= 11 is 0. The van der Waals surface area contributed by atoms with Crippen LogP contribution in [0.2, 0.25) is 0 Å². The van der Waals surface area contributed by atoms with Gasteiger partial charge in [0.25, 0.3) is 0 Å². The van der Waals surface area contributed by atoms with Gasteiger partial charge in [0.05, 0.1) is 24.4 Å². The lowest BCUT2D eigenvalue weighted by Gasteiger charge is -2.16. The molecular weight excluding hydrogens is 262 g/mol. The van der Waals surface area contributed by atoms with Crippen LogP contribution < -0.4 is 5.32 Å². The molecule has 1 aliphatic rings. The second-order valence-corrected chi connectivity index (χ2v) is 6.02. The summed E-state index contributed by atoms with van der Waals surface area (Å²) in [5, 5.41) is 7.95. The van der Waals surface area contributed by atoms with E-state index in [1.165, 1.54) is 38.5 Å². The lowest BCUT2D eigenvalue weighted by molar-refractivity contribution is 0.446. The molecule has 2 heterocycles. The first kappa shape index (κ1) is 14.3. The number of nitrogens with one attached hydrogen (secondary N) is 1. The summed E-state index contributed by atoms with van der Waals surface area (Å²) < 4.78 is 4.04. The fourth-order valence-corrected chi connectivity index (χ4v) is 3.17. The van der Waals surface area contributed by atoms with Crippen molar-refractivity contribution >= 4 is 0 Å². The Morgan fingerprint density at radius 1 is 1.19 bits per heavy atom. The Hall–Kier alpha value is -1.62. The Labute approximate surface area is 126 Å². The lowest BCUT2D eigenvalue weighted by Crippen LogP contribution is -2.31. The Balaban J connectivity index is 1.55. The minimum atomic E-state index is 0.706. The maximum absolute atomic E-state index is 4.29. The molecule has 1 aliphatic carbocycles. The van der Waals surface area contributed by atoms with E-state index in [1.54, 1.807) is 0 Å². The molecule has 0 unspecified atom stereocenters. The number of nitrogens with zero attached hydrogens (tertiary/aromatic N) is 4. The zero-order valence-electron chi connectivity index (χ0n) is 12.8. The molecule has 5 nitrogen and oxygen atoms in total. The number of aromatic nitrogens is 4. The van der Waals surface area contributed by atoms with Crippen molar-refractivity contribution < 1.29 is 0 Å². The Kier molecular flexibility index (Phi) is 4.70. The predicted octanol–water partition coefficient (Wildman–Crippen LogP) is 2.60. The van der Waals surface area contributed by atoms with E-state index in [1.807, 2.05) is 36.6 Å². The quantitative estimate of drug-likeness (QED) is 0.860. The number of rotatable bonds is 5. The normalized spacial score (nSPS) is 17.0. The van der Waals surface area contributed by atoms with Gasteiger partial charge >= 0.3 is 0 Å². The maximum atomic E-state index is 4.29. The topological polar surface area (TPSA) is 47.7 Å². The summed E-state index contributed by atoms with van der Waals surface area (Å²) in [6.45, 7) is 1.97. The van der Waals surface area contributed by atoms with Crippen molar-refractivity contribution in [1.82, 2.24) is 24.6 Å². The minimum Gasteiger partial charge on any atom is -0.329 e. The van der Waals surface area contributed by atoms with Crippen molar-refractivity contribution in [3.05, 3.63) is 24.9 Å². The third-order valence-corrected chi connectivity index (χ3v) is 4.35. The van der Waals surface area contributed by atoms with Gasteiger partial charge in [-0.1, -0.05) is 25.7 Å². The van der Waals surface area contributed by atoms with Crippen molar-refractivity contribution in [2.75, 3.05) is 6.54 Å². The van der Waals surface area contributed by atoms with Crippen LogP contribution in [0.3, 0.4) is 0 Å². The predicted molar refractivity (Wildman–Crippen MR) is 83.9 cm³/mol. The van der Waals surface area contributed by atoms with Crippen molar-refractivity contribution in [2.24, 2.45) is 7.05 Å². The van der Waals surface area contributed by atoms with E-state index in [2.05, 4.69) is 20.0 Å². The first-order valence-electron chi connectivity index (χ1n) is 8.05. The van der Waals surface area contributed by atoms with Crippen LogP contribution in [0.4, 0.5) is 0 Å². The largest absolute Gasteiger partial charge is 0.329 e. The molecule has 1 saturated carbocycles. The number of aryl methyl sites for hydroxylation is 1. The highest BCUT2D eigenvalue weighted by Crippen LogP contribution is 2.18. The highest BCUT2D eigenvalue weighted by Gasteiger charge is 2.12. The van der Waals surface area contributed by atoms with Crippen LogP contribution in [-0.2, 0) is 13.6 Å². The van der Waals surface area contributed by atoms with Gasteiger partial charge in [0.2, 0.25) is 0 Å². The van der Waals surface area contributed by atoms with Gasteiger partial charge in [0, 0.05) is 37.9 Å². The smallest absolute Gasteiger partial charge is 0.0951 e. The van der Waals surface area contributed by atoms with Crippen molar-refractivity contribution in [3.8, 4) is 11.3 Å². The average Bonchev–Trinajstić information content (AvgIpc) is 3.02. The summed E-state index contributed by atoms with van der Waals surface area (Å²) in [6.07, 6.45) is 16.0. The zero-order valence-corrected chi connectivity index (χ0v) is 12.8. The summed E-state index contributed by atoms with van der Waals surface area (Å²) in [5.74, 6) is 0. The van der Waals surface area contributed by atoms with Crippen LogP contribution in [-0.4, -0.2) is 31.9 Å². The fourth-order valence-electron chi connectivity index (χ4n) is 3.17. The van der Waals surface area contributed by atoms with Crippen LogP contribution in [0.5, 0.6) is 0 Å².